The van der Waals surface area contributed by atoms with Crippen molar-refractivity contribution >= 4 is 11.9 Å². The first-order valence-corrected chi connectivity index (χ1v) is 6.09. The van der Waals surface area contributed by atoms with Crippen molar-refractivity contribution in [3.05, 3.63) is 68.5 Å². The number of pyridine rings is 2. The van der Waals surface area contributed by atoms with Gasteiger partial charge < -0.3 is 24.9 Å². The molecule has 2 heterocycles. The van der Waals surface area contributed by atoms with Gasteiger partial charge in [-0.1, -0.05) is 0 Å². The molecule has 0 aromatic carbocycles. The van der Waals surface area contributed by atoms with Crippen LogP contribution in [-0.4, -0.2) is 43.9 Å². The Morgan fingerprint density at radius 3 is 1.91 bits per heavy atom. The van der Waals surface area contributed by atoms with E-state index >= 15 is 0 Å². The summed E-state index contributed by atoms with van der Waals surface area (Å²) >= 11 is 0. The third kappa shape index (κ3) is 5.98. The molecule has 0 saturated heterocycles. The van der Waals surface area contributed by atoms with E-state index in [-0.39, 0.29) is 11.1 Å². The van der Waals surface area contributed by atoms with Gasteiger partial charge in [0.15, 0.2) is 0 Å². The molecule has 0 aliphatic heterocycles. The fourth-order valence-corrected chi connectivity index (χ4v) is 1.35. The average molecular weight is 324 g/mol. The van der Waals surface area contributed by atoms with Crippen LogP contribution in [0, 0.1) is 0 Å². The van der Waals surface area contributed by atoms with Gasteiger partial charge >= 0.3 is 11.9 Å². The summed E-state index contributed by atoms with van der Waals surface area (Å²) in [6.07, 6.45) is 2.89. The molecule has 2 aromatic heterocycles. The molecule has 0 saturated carbocycles. The van der Waals surface area contributed by atoms with Crippen LogP contribution in [0.15, 0.2) is 46.2 Å². The first-order chi connectivity index (χ1) is 10.8. The molecule has 0 spiro atoms. The monoisotopic (exact) mass is 324 g/mol. The van der Waals surface area contributed by atoms with Gasteiger partial charge in [-0.2, -0.15) is 0 Å². The van der Waals surface area contributed by atoms with Crippen molar-refractivity contribution in [3.63, 3.8) is 0 Å². The van der Waals surface area contributed by atoms with Gasteiger partial charge in [0, 0.05) is 26.6 Å². The summed E-state index contributed by atoms with van der Waals surface area (Å²) in [6, 6.07) is 5.52. The fraction of sp³-hybridized carbons (Fsp3) is 0.143. The molecule has 2 aromatic rings. The standard InChI is InChI=1S/C7H7NO3.C6H5NO3.CH4O/c1-8-4-2-3-5(6(8)9)7(10)11;8-5-4(6(9)10)2-1-3-7-5;1-2/h2-4H,1H3,(H,10,11);1-3H,(H,7,8)(H,9,10);2H,1H3. The van der Waals surface area contributed by atoms with E-state index in [4.69, 9.17) is 15.3 Å². The Morgan fingerprint density at radius 2 is 1.52 bits per heavy atom. The Kier molecular flexibility index (Phi) is 8.34. The average Bonchev–Trinajstić information content (AvgIpc) is 2.52. The largest absolute Gasteiger partial charge is 0.477 e. The molecule has 9 heteroatoms. The van der Waals surface area contributed by atoms with Crippen LogP contribution >= 0.6 is 0 Å². The topological polar surface area (TPSA) is 150 Å². The lowest BCUT2D eigenvalue weighted by Crippen LogP contribution is -2.22. The first-order valence-electron chi connectivity index (χ1n) is 6.09. The molecule has 0 bridgehead atoms. The van der Waals surface area contributed by atoms with E-state index in [1.165, 1.54) is 48.3 Å². The van der Waals surface area contributed by atoms with Crippen LogP contribution < -0.4 is 11.1 Å². The van der Waals surface area contributed by atoms with E-state index in [1.807, 2.05) is 0 Å². The molecule has 0 aliphatic rings. The predicted octanol–water partition coefficient (Wildman–Crippen LogP) is -0.235. The molecule has 0 amide bonds. The molecule has 0 aliphatic carbocycles. The number of aliphatic hydroxyl groups excluding tert-OH is 1. The summed E-state index contributed by atoms with van der Waals surface area (Å²) in [7, 11) is 2.51. The number of rotatable bonds is 2. The Balaban J connectivity index is 0.000000381. The summed E-state index contributed by atoms with van der Waals surface area (Å²) in [5.41, 5.74) is -1.49. The van der Waals surface area contributed by atoms with E-state index in [2.05, 4.69) is 4.98 Å². The van der Waals surface area contributed by atoms with Gasteiger partial charge in [-0.05, 0) is 24.3 Å². The lowest BCUT2D eigenvalue weighted by molar-refractivity contribution is 0.0683. The quantitative estimate of drug-likeness (QED) is 0.595. The van der Waals surface area contributed by atoms with Crippen molar-refractivity contribution in [2.24, 2.45) is 7.05 Å². The number of nitrogens with zero attached hydrogens (tertiary/aromatic N) is 1. The van der Waals surface area contributed by atoms with Gasteiger partial charge in [0.05, 0.1) is 0 Å². The highest BCUT2D eigenvalue weighted by atomic mass is 16.4. The Labute approximate surface area is 130 Å². The molecule has 2 rings (SSSR count). The number of hydrogen-bond acceptors (Lipinski definition) is 5. The molecular weight excluding hydrogens is 308 g/mol. The van der Waals surface area contributed by atoms with Crippen LogP contribution in [0.5, 0.6) is 0 Å². The second-order valence-corrected chi connectivity index (χ2v) is 3.86. The molecule has 9 nitrogen and oxygen atoms in total. The Hall–Kier alpha value is -3.20. The zero-order valence-corrected chi connectivity index (χ0v) is 12.4. The van der Waals surface area contributed by atoms with E-state index in [1.54, 1.807) is 0 Å². The summed E-state index contributed by atoms with van der Waals surface area (Å²) in [6.45, 7) is 0. The zero-order valence-electron chi connectivity index (χ0n) is 12.4. The maximum atomic E-state index is 11.0. The Morgan fingerprint density at radius 1 is 1.00 bits per heavy atom. The van der Waals surface area contributed by atoms with Crippen molar-refractivity contribution in [3.8, 4) is 0 Å². The highest BCUT2D eigenvalue weighted by Gasteiger charge is 2.07. The van der Waals surface area contributed by atoms with Crippen LogP contribution in [0.1, 0.15) is 20.7 Å². The minimum Gasteiger partial charge on any atom is -0.477 e. The maximum absolute atomic E-state index is 11.0. The molecule has 0 atom stereocenters. The van der Waals surface area contributed by atoms with Crippen LogP contribution in [0.4, 0.5) is 0 Å². The van der Waals surface area contributed by atoms with Crippen molar-refractivity contribution in [1.82, 2.24) is 9.55 Å². The van der Waals surface area contributed by atoms with E-state index < -0.39 is 23.1 Å². The highest BCUT2D eigenvalue weighted by molar-refractivity contribution is 5.87. The smallest absolute Gasteiger partial charge is 0.341 e. The second kappa shape index (κ2) is 9.68. The van der Waals surface area contributed by atoms with Crippen molar-refractivity contribution in [2.45, 2.75) is 0 Å². The number of carbonyl (C=O) groups is 2. The van der Waals surface area contributed by atoms with Crippen molar-refractivity contribution < 1.29 is 24.9 Å². The van der Waals surface area contributed by atoms with Crippen LogP contribution in [0.2, 0.25) is 0 Å². The van der Waals surface area contributed by atoms with Gasteiger partial charge in [0.25, 0.3) is 11.1 Å². The molecule has 0 fully saturated rings. The lowest BCUT2D eigenvalue weighted by Gasteiger charge is -1.96. The maximum Gasteiger partial charge on any atom is 0.341 e. The molecule has 4 N–H and O–H groups in total. The van der Waals surface area contributed by atoms with E-state index in [0.717, 1.165) is 7.11 Å². The number of hydrogen-bond donors (Lipinski definition) is 4. The minimum atomic E-state index is -1.21. The minimum absolute atomic E-state index is 0.199. The predicted molar refractivity (Wildman–Crippen MR) is 80.8 cm³/mol. The number of aliphatic hydroxyl groups is 1. The fourth-order valence-electron chi connectivity index (χ4n) is 1.35. The van der Waals surface area contributed by atoms with Crippen LogP contribution in [-0.2, 0) is 7.05 Å². The van der Waals surface area contributed by atoms with Gasteiger partial charge in [0.1, 0.15) is 11.1 Å². The number of aromatic amines is 1. The molecule has 0 unspecified atom stereocenters. The third-order valence-corrected chi connectivity index (χ3v) is 2.40. The molecule has 0 radical (unpaired) electrons. The van der Waals surface area contributed by atoms with Crippen LogP contribution in [0.25, 0.3) is 0 Å². The number of carboxylic acids is 2. The first kappa shape index (κ1) is 19.8. The van der Waals surface area contributed by atoms with Gasteiger partial charge in [-0.15, -0.1) is 0 Å². The SMILES string of the molecule is CO.Cn1cccc(C(=O)O)c1=O.O=C(O)c1ccc[nH]c1=O. The molecular formula is C14H16N2O7. The number of aryl methyl sites for hydroxylation is 1. The van der Waals surface area contributed by atoms with Gasteiger partial charge in [0.2, 0.25) is 0 Å². The number of aromatic carboxylic acids is 2. The molecule has 124 valence electrons. The van der Waals surface area contributed by atoms with E-state index in [0.29, 0.717) is 0 Å². The van der Waals surface area contributed by atoms with Gasteiger partial charge in [-0.3, -0.25) is 9.59 Å². The second-order valence-electron chi connectivity index (χ2n) is 3.86. The summed E-state index contributed by atoms with van der Waals surface area (Å²) < 4.78 is 1.23. The Bertz CT molecular complexity index is 777. The highest BCUT2D eigenvalue weighted by Crippen LogP contribution is 1.89. The van der Waals surface area contributed by atoms with Crippen molar-refractivity contribution in [1.29, 1.82) is 0 Å². The summed E-state index contributed by atoms with van der Waals surface area (Å²) in [5, 5.41) is 23.8. The van der Waals surface area contributed by atoms with Gasteiger partial charge in [-0.25, -0.2) is 9.59 Å². The third-order valence-electron chi connectivity index (χ3n) is 2.40. The lowest BCUT2D eigenvalue weighted by atomic mass is 10.3. The number of H-pyrrole nitrogens is 1. The molecule has 23 heavy (non-hydrogen) atoms. The summed E-state index contributed by atoms with van der Waals surface area (Å²) in [4.78, 5) is 44.4. The van der Waals surface area contributed by atoms with Crippen LogP contribution in [0.3, 0.4) is 0 Å². The van der Waals surface area contributed by atoms with Crippen molar-refractivity contribution in [2.75, 3.05) is 7.11 Å². The number of carboxylic acid groups (broad SMARTS) is 2. The number of aromatic nitrogens is 2. The van der Waals surface area contributed by atoms with E-state index in [9.17, 15) is 19.2 Å². The zero-order chi connectivity index (χ0) is 18.0. The summed E-state index contributed by atoms with van der Waals surface area (Å²) in [5.74, 6) is -2.40. The number of nitrogens with one attached hydrogen (secondary N) is 1. The normalized spacial score (nSPS) is 8.83.